The summed E-state index contributed by atoms with van der Waals surface area (Å²) in [6.07, 6.45) is 7.21. The van der Waals surface area contributed by atoms with Gasteiger partial charge in [-0.25, -0.2) is 4.98 Å². The van der Waals surface area contributed by atoms with Gasteiger partial charge in [0.05, 0.1) is 6.33 Å². The van der Waals surface area contributed by atoms with Crippen LogP contribution in [-0.4, -0.2) is 66.2 Å². The summed E-state index contributed by atoms with van der Waals surface area (Å²) < 4.78 is 3.88. The molecule has 0 N–H and O–H groups in total. The summed E-state index contributed by atoms with van der Waals surface area (Å²) in [6, 6.07) is 10.6. The van der Waals surface area contributed by atoms with Crippen LogP contribution in [0.4, 0.5) is 0 Å². The molecule has 162 valence electrons. The van der Waals surface area contributed by atoms with Crippen LogP contribution in [0.5, 0.6) is 0 Å². The van der Waals surface area contributed by atoms with Crippen molar-refractivity contribution in [2.75, 3.05) is 26.2 Å². The van der Waals surface area contributed by atoms with E-state index in [1.54, 1.807) is 18.9 Å². The van der Waals surface area contributed by atoms with Crippen molar-refractivity contribution in [3.8, 4) is 0 Å². The highest BCUT2D eigenvalue weighted by Gasteiger charge is 2.50. The van der Waals surface area contributed by atoms with Gasteiger partial charge in [0, 0.05) is 58.9 Å². The van der Waals surface area contributed by atoms with Crippen LogP contribution >= 0.6 is 0 Å². The maximum absolute atomic E-state index is 12.9. The van der Waals surface area contributed by atoms with Crippen LogP contribution in [-0.2, 0) is 20.6 Å². The smallest absolute Gasteiger partial charge is 0.274 e. The van der Waals surface area contributed by atoms with E-state index in [4.69, 9.17) is 0 Å². The fourth-order valence-corrected chi connectivity index (χ4v) is 5.34. The Labute approximate surface area is 182 Å². The van der Waals surface area contributed by atoms with E-state index in [0.29, 0.717) is 11.6 Å². The first-order valence-corrected chi connectivity index (χ1v) is 10.9. The molecule has 1 aromatic carbocycles. The van der Waals surface area contributed by atoms with Crippen molar-refractivity contribution in [3.05, 3.63) is 66.3 Å². The number of likely N-dealkylation sites (tertiary alicyclic amines) is 2. The summed E-state index contributed by atoms with van der Waals surface area (Å²) >= 11 is 0. The van der Waals surface area contributed by atoms with Crippen molar-refractivity contribution < 1.29 is 4.79 Å². The molecule has 8 nitrogen and oxygen atoms in total. The van der Waals surface area contributed by atoms with Gasteiger partial charge in [0.15, 0.2) is 0 Å². The maximum atomic E-state index is 12.9. The molecule has 4 heterocycles. The monoisotopic (exact) mass is 419 g/mol. The van der Waals surface area contributed by atoms with Crippen molar-refractivity contribution in [1.29, 1.82) is 0 Å². The number of aryl methyl sites for hydroxylation is 2. The summed E-state index contributed by atoms with van der Waals surface area (Å²) in [7, 11) is 3.92. The van der Waals surface area contributed by atoms with E-state index in [9.17, 15) is 4.79 Å². The van der Waals surface area contributed by atoms with E-state index in [1.165, 1.54) is 5.56 Å². The average Bonchev–Trinajstić information content (AvgIpc) is 3.48. The van der Waals surface area contributed by atoms with Crippen molar-refractivity contribution in [2.24, 2.45) is 19.5 Å². The lowest BCUT2D eigenvalue weighted by atomic mass is 9.70. The molecule has 1 spiro atoms. The quantitative estimate of drug-likeness (QED) is 0.647. The van der Waals surface area contributed by atoms with E-state index in [1.807, 2.05) is 23.6 Å². The van der Waals surface area contributed by atoms with Crippen molar-refractivity contribution in [1.82, 2.24) is 34.1 Å². The van der Waals surface area contributed by atoms with Crippen molar-refractivity contribution in [2.45, 2.75) is 25.3 Å². The molecule has 31 heavy (non-hydrogen) atoms. The number of carbonyl (C=O) groups excluding carboxylic acids is 1. The van der Waals surface area contributed by atoms with Crippen LogP contribution in [0.3, 0.4) is 0 Å². The Morgan fingerprint density at radius 3 is 2.55 bits per heavy atom. The van der Waals surface area contributed by atoms with E-state index in [2.05, 4.69) is 55.0 Å². The van der Waals surface area contributed by atoms with Crippen LogP contribution in [0.25, 0.3) is 0 Å². The van der Waals surface area contributed by atoms with Crippen LogP contribution in [0.1, 0.15) is 40.6 Å². The summed E-state index contributed by atoms with van der Waals surface area (Å²) in [5, 5.41) is 8.64. The summed E-state index contributed by atoms with van der Waals surface area (Å²) in [6.45, 7) is 4.43. The minimum atomic E-state index is 0.0322. The lowest BCUT2D eigenvalue weighted by Gasteiger charge is -2.42. The predicted molar refractivity (Wildman–Crippen MR) is 116 cm³/mol. The molecule has 0 bridgehead atoms. The Morgan fingerprint density at radius 2 is 1.90 bits per heavy atom. The molecule has 2 aromatic heterocycles. The van der Waals surface area contributed by atoms with Crippen LogP contribution in [0.15, 0.2) is 49.2 Å². The van der Waals surface area contributed by atoms with E-state index >= 15 is 0 Å². The third kappa shape index (κ3) is 3.76. The van der Waals surface area contributed by atoms with E-state index in [0.717, 1.165) is 51.4 Å². The molecule has 2 aliphatic heterocycles. The zero-order chi connectivity index (χ0) is 21.4. The molecule has 5 rings (SSSR count). The molecular weight excluding hydrogens is 390 g/mol. The van der Waals surface area contributed by atoms with Crippen LogP contribution in [0.2, 0.25) is 0 Å². The number of hydrogen-bond donors (Lipinski definition) is 0. The molecule has 8 heteroatoms. The lowest BCUT2D eigenvalue weighted by molar-refractivity contribution is 0.0550. The fraction of sp³-hybridized carbons (Fsp3) is 0.478. The summed E-state index contributed by atoms with van der Waals surface area (Å²) in [5.74, 6) is 1.40. The SMILES string of the molecule is Cn1cnc(C(=O)N2CCC3(CC2)CN(Cc2ccccc2)CC3c2nncn2C)c1. The molecular formula is C23H29N7O. The summed E-state index contributed by atoms with van der Waals surface area (Å²) in [5.41, 5.74) is 1.97. The van der Waals surface area contributed by atoms with Gasteiger partial charge in [-0.1, -0.05) is 30.3 Å². The Bertz CT molecular complexity index is 1050. The molecule has 2 fully saturated rings. The Kier molecular flexibility index (Phi) is 5.09. The van der Waals surface area contributed by atoms with Crippen molar-refractivity contribution >= 4 is 5.91 Å². The minimum absolute atomic E-state index is 0.0322. The second-order valence-corrected chi connectivity index (χ2v) is 9.09. The van der Waals surface area contributed by atoms with E-state index in [-0.39, 0.29) is 11.3 Å². The average molecular weight is 420 g/mol. The van der Waals surface area contributed by atoms with Crippen LogP contribution in [0, 0.1) is 5.41 Å². The number of rotatable bonds is 4. The summed E-state index contributed by atoms with van der Waals surface area (Å²) in [4.78, 5) is 21.7. The molecule has 0 radical (unpaired) electrons. The largest absolute Gasteiger partial charge is 0.340 e. The molecule has 0 saturated carbocycles. The van der Waals surface area contributed by atoms with Gasteiger partial charge in [-0.15, -0.1) is 10.2 Å². The highest BCUT2D eigenvalue weighted by atomic mass is 16.2. The van der Waals surface area contributed by atoms with Gasteiger partial charge in [-0.05, 0) is 23.8 Å². The van der Waals surface area contributed by atoms with Crippen molar-refractivity contribution in [3.63, 3.8) is 0 Å². The number of hydrogen-bond acceptors (Lipinski definition) is 5. The van der Waals surface area contributed by atoms with Crippen LogP contribution < -0.4 is 0 Å². The normalized spacial score (nSPS) is 21.1. The Morgan fingerprint density at radius 1 is 1.13 bits per heavy atom. The molecule has 2 aliphatic rings. The highest BCUT2D eigenvalue weighted by molar-refractivity contribution is 5.92. The fourth-order valence-electron chi connectivity index (χ4n) is 5.34. The minimum Gasteiger partial charge on any atom is -0.340 e. The van der Waals surface area contributed by atoms with Gasteiger partial charge in [-0.2, -0.15) is 0 Å². The third-order valence-electron chi connectivity index (χ3n) is 7.00. The standard InChI is InChI=1S/C23H29N7O/c1-27-14-20(24-16-27)22(31)30-10-8-23(9-11-30)15-29(12-18-6-4-3-5-7-18)13-19(23)21-26-25-17-28(21)2/h3-7,14,16-17,19H,8-13,15H2,1-2H3. The first-order valence-electron chi connectivity index (χ1n) is 10.9. The van der Waals surface area contributed by atoms with Gasteiger partial charge < -0.3 is 14.0 Å². The molecule has 3 aromatic rings. The molecule has 0 aliphatic carbocycles. The number of nitrogens with zero attached hydrogens (tertiary/aromatic N) is 7. The van der Waals surface area contributed by atoms with Gasteiger partial charge in [0.1, 0.15) is 17.8 Å². The van der Waals surface area contributed by atoms with Gasteiger partial charge in [-0.3, -0.25) is 9.69 Å². The van der Waals surface area contributed by atoms with Gasteiger partial charge in [0.2, 0.25) is 0 Å². The lowest BCUT2D eigenvalue weighted by Crippen LogP contribution is -2.46. The zero-order valence-corrected chi connectivity index (χ0v) is 18.2. The number of imidazole rings is 1. The molecule has 2 saturated heterocycles. The number of amides is 1. The number of benzene rings is 1. The number of carbonyl (C=O) groups is 1. The zero-order valence-electron chi connectivity index (χ0n) is 18.2. The first kappa shape index (κ1) is 19.9. The third-order valence-corrected chi connectivity index (χ3v) is 7.00. The molecule has 1 amide bonds. The second kappa shape index (κ2) is 7.92. The second-order valence-electron chi connectivity index (χ2n) is 9.09. The molecule has 1 atom stereocenters. The van der Waals surface area contributed by atoms with Gasteiger partial charge >= 0.3 is 0 Å². The first-order chi connectivity index (χ1) is 15.0. The highest BCUT2D eigenvalue weighted by Crippen LogP contribution is 2.49. The predicted octanol–water partition coefficient (Wildman–Crippen LogP) is 2.07. The topological polar surface area (TPSA) is 72.1 Å². The number of piperidine rings is 1. The Hall–Kier alpha value is -3.00. The van der Waals surface area contributed by atoms with E-state index < -0.39 is 0 Å². The van der Waals surface area contributed by atoms with Gasteiger partial charge in [0.25, 0.3) is 5.91 Å². The molecule has 1 unspecified atom stereocenters. The Balaban J connectivity index is 1.35. The maximum Gasteiger partial charge on any atom is 0.274 e. The number of aromatic nitrogens is 5.